The van der Waals surface area contributed by atoms with Crippen LogP contribution in [0.25, 0.3) is 0 Å². The van der Waals surface area contributed by atoms with Gasteiger partial charge in [-0.15, -0.1) is 0 Å². The third-order valence-corrected chi connectivity index (χ3v) is 6.19. The summed E-state index contributed by atoms with van der Waals surface area (Å²) in [5.41, 5.74) is 0.187. The van der Waals surface area contributed by atoms with Crippen LogP contribution in [0.1, 0.15) is 72.6 Å². The first-order chi connectivity index (χ1) is 12.1. The van der Waals surface area contributed by atoms with Gasteiger partial charge >= 0.3 is 0 Å². The Hall–Kier alpha value is -1.43. The quantitative estimate of drug-likeness (QED) is 0.729. The number of carbonyl (C=O) groups excluding carboxylic acids is 3. The molecular formula is C20H34N3O3+. The lowest BCUT2D eigenvalue weighted by Gasteiger charge is -2.43. The summed E-state index contributed by atoms with van der Waals surface area (Å²) in [7, 11) is 0. The number of imide groups is 1. The number of nitrogens with two attached hydrogens (primary N) is 1. The highest BCUT2D eigenvalue weighted by Gasteiger charge is 2.48. The molecule has 3 aliphatic rings. The Labute approximate surface area is 156 Å². The molecule has 26 heavy (non-hydrogen) atoms. The van der Waals surface area contributed by atoms with Crippen molar-refractivity contribution in [3.8, 4) is 0 Å². The van der Waals surface area contributed by atoms with Crippen molar-refractivity contribution in [1.29, 1.82) is 0 Å². The van der Waals surface area contributed by atoms with Gasteiger partial charge in [0.15, 0.2) is 0 Å². The van der Waals surface area contributed by atoms with Crippen molar-refractivity contribution in [2.24, 2.45) is 11.8 Å². The zero-order valence-electron chi connectivity index (χ0n) is 16.6. The van der Waals surface area contributed by atoms with Gasteiger partial charge in [-0.2, -0.15) is 0 Å². The van der Waals surface area contributed by atoms with Crippen LogP contribution in [0.4, 0.5) is 0 Å². The number of fused-ring (bicyclic) bond motifs is 1. The second kappa shape index (κ2) is 6.95. The molecule has 0 aromatic carbocycles. The van der Waals surface area contributed by atoms with Gasteiger partial charge in [0.25, 0.3) is 0 Å². The standard InChI is InChI=1S/C20H33N3O3/c1-19(2)11-13(12-20(3,4)22-19)21-16(24)9-10-23-17(25)14-7-5-6-8-15(14)18(23)26/h13-15,22H,5-12H2,1-4H3,(H,21,24)/p+1/t14-,15+. The number of amides is 3. The van der Waals surface area contributed by atoms with E-state index in [4.69, 9.17) is 0 Å². The van der Waals surface area contributed by atoms with Crippen LogP contribution in [0.15, 0.2) is 0 Å². The lowest BCUT2D eigenvalue weighted by Crippen LogP contribution is -3.06. The summed E-state index contributed by atoms with van der Waals surface area (Å²) in [5, 5.41) is 5.52. The Morgan fingerprint density at radius 3 is 2.04 bits per heavy atom. The van der Waals surface area contributed by atoms with E-state index in [9.17, 15) is 14.4 Å². The maximum absolute atomic E-state index is 12.5. The molecule has 3 N–H and O–H groups in total. The van der Waals surface area contributed by atoms with Crippen LogP contribution in [-0.4, -0.2) is 46.3 Å². The molecule has 2 aliphatic heterocycles. The predicted octanol–water partition coefficient (Wildman–Crippen LogP) is 0.951. The summed E-state index contributed by atoms with van der Waals surface area (Å²) >= 11 is 0. The SMILES string of the molecule is CC1(C)CC(NC(=O)CCN2C(=O)[C@H]3CCCC[C@H]3C2=O)CC(C)(C)[NH2+]1. The molecule has 6 nitrogen and oxygen atoms in total. The summed E-state index contributed by atoms with van der Waals surface area (Å²) in [6, 6.07) is 0.144. The Morgan fingerprint density at radius 1 is 1.04 bits per heavy atom. The fraction of sp³-hybridized carbons (Fsp3) is 0.850. The van der Waals surface area contributed by atoms with Gasteiger partial charge in [0, 0.05) is 31.8 Å². The zero-order valence-corrected chi connectivity index (χ0v) is 16.6. The molecule has 0 aromatic rings. The van der Waals surface area contributed by atoms with Crippen LogP contribution in [0.2, 0.25) is 0 Å². The molecular weight excluding hydrogens is 330 g/mol. The van der Waals surface area contributed by atoms with Crippen molar-refractivity contribution in [3.05, 3.63) is 0 Å². The van der Waals surface area contributed by atoms with E-state index in [0.29, 0.717) is 0 Å². The molecule has 3 rings (SSSR count). The van der Waals surface area contributed by atoms with Gasteiger partial charge in [-0.05, 0) is 40.5 Å². The minimum Gasteiger partial charge on any atom is -0.353 e. The normalized spacial score (nSPS) is 31.0. The highest BCUT2D eigenvalue weighted by molar-refractivity contribution is 6.05. The summed E-state index contributed by atoms with van der Waals surface area (Å²) in [6.07, 6.45) is 5.75. The molecule has 146 valence electrons. The number of nitrogens with one attached hydrogen (secondary N) is 1. The van der Waals surface area contributed by atoms with E-state index in [0.717, 1.165) is 38.5 Å². The Balaban J connectivity index is 1.53. The minimum atomic E-state index is -0.130. The van der Waals surface area contributed by atoms with E-state index in [1.165, 1.54) is 4.90 Å². The van der Waals surface area contributed by atoms with Gasteiger partial charge in [0.05, 0.1) is 22.9 Å². The lowest BCUT2D eigenvalue weighted by molar-refractivity contribution is -0.787. The number of hydrogen-bond donors (Lipinski definition) is 2. The maximum atomic E-state index is 12.5. The predicted molar refractivity (Wildman–Crippen MR) is 98.0 cm³/mol. The van der Waals surface area contributed by atoms with Gasteiger partial charge in [-0.25, -0.2) is 0 Å². The number of nitrogens with zero attached hydrogens (tertiary/aromatic N) is 1. The Bertz CT molecular complexity index is 559. The molecule has 2 saturated heterocycles. The molecule has 1 aliphatic carbocycles. The van der Waals surface area contributed by atoms with Crippen LogP contribution in [0, 0.1) is 11.8 Å². The molecule has 3 amide bonds. The molecule has 2 heterocycles. The van der Waals surface area contributed by atoms with Crippen molar-refractivity contribution in [2.45, 2.75) is 89.8 Å². The number of quaternary nitrogens is 1. The summed E-state index contributed by atoms with van der Waals surface area (Å²) in [4.78, 5) is 38.8. The van der Waals surface area contributed by atoms with Crippen LogP contribution in [0.5, 0.6) is 0 Å². The van der Waals surface area contributed by atoms with E-state index in [1.54, 1.807) is 0 Å². The monoisotopic (exact) mass is 364 g/mol. The number of rotatable bonds is 4. The van der Waals surface area contributed by atoms with Gasteiger partial charge in [0.1, 0.15) is 0 Å². The molecule has 6 heteroatoms. The number of piperidine rings is 1. The van der Waals surface area contributed by atoms with Crippen molar-refractivity contribution < 1.29 is 19.7 Å². The van der Waals surface area contributed by atoms with Crippen molar-refractivity contribution >= 4 is 17.7 Å². The zero-order chi connectivity index (χ0) is 19.1. The highest BCUT2D eigenvalue weighted by Crippen LogP contribution is 2.38. The molecule has 0 aromatic heterocycles. The van der Waals surface area contributed by atoms with Gasteiger partial charge in [-0.3, -0.25) is 19.3 Å². The first kappa shape index (κ1) is 19.3. The average molecular weight is 365 g/mol. The molecule has 0 spiro atoms. The van der Waals surface area contributed by atoms with Crippen LogP contribution < -0.4 is 10.6 Å². The van der Waals surface area contributed by atoms with Gasteiger partial charge in [-0.1, -0.05) is 12.8 Å². The summed E-state index contributed by atoms with van der Waals surface area (Å²) in [6.45, 7) is 9.04. The topological polar surface area (TPSA) is 83.1 Å². The first-order valence-corrected chi connectivity index (χ1v) is 10.1. The maximum Gasteiger partial charge on any atom is 0.233 e. The second-order valence-electron chi connectivity index (χ2n) is 9.87. The molecule has 1 saturated carbocycles. The van der Waals surface area contributed by atoms with Gasteiger partial charge in [0.2, 0.25) is 17.7 Å². The average Bonchev–Trinajstić information content (AvgIpc) is 2.74. The van der Waals surface area contributed by atoms with E-state index < -0.39 is 0 Å². The highest BCUT2D eigenvalue weighted by atomic mass is 16.2. The van der Waals surface area contributed by atoms with Crippen LogP contribution in [-0.2, 0) is 14.4 Å². The molecule has 3 fully saturated rings. The fourth-order valence-corrected chi connectivity index (χ4v) is 5.58. The Kier molecular flexibility index (Phi) is 5.17. The van der Waals surface area contributed by atoms with E-state index in [-0.39, 0.29) is 59.6 Å². The molecule has 0 unspecified atom stereocenters. The number of hydrogen-bond acceptors (Lipinski definition) is 3. The summed E-state index contributed by atoms with van der Waals surface area (Å²) < 4.78 is 0. The van der Waals surface area contributed by atoms with E-state index >= 15 is 0 Å². The largest absolute Gasteiger partial charge is 0.353 e. The minimum absolute atomic E-state index is 0.0537. The third kappa shape index (κ3) is 4.11. The molecule has 2 atom stereocenters. The smallest absolute Gasteiger partial charge is 0.233 e. The number of carbonyl (C=O) groups is 3. The van der Waals surface area contributed by atoms with Crippen LogP contribution >= 0.6 is 0 Å². The van der Waals surface area contributed by atoms with Crippen molar-refractivity contribution in [2.75, 3.05) is 6.54 Å². The van der Waals surface area contributed by atoms with E-state index in [1.807, 2.05) is 0 Å². The molecule has 0 bridgehead atoms. The lowest BCUT2D eigenvalue weighted by atomic mass is 9.79. The van der Waals surface area contributed by atoms with Crippen molar-refractivity contribution in [3.63, 3.8) is 0 Å². The second-order valence-corrected chi connectivity index (χ2v) is 9.87. The fourth-order valence-electron chi connectivity index (χ4n) is 5.58. The summed E-state index contributed by atoms with van der Waals surface area (Å²) in [5.74, 6) is -0.423. The van der Waals surface area contributed by atoms with Gasteiger partial charge < -0.3 is 10.6 Å². The first-order valence-electron chi connectivity index (χ1n) is 10.1. The Morgan fingerprint density at radius 2 is 1.54 bits per heavy atom. The van der Waals surface area contributed by atoms with Crippen LogP contribution in [0.3, 0.4) is 0 Å². The number of likely N-dealkylation sites (tertiary alicyclic amines) is 1. The molecule has 0 radical (unpaired) electrons. The third-order valence-electron chi connectivity index (χ3n) is 6.19. The van der Waals surface area contributed by atoms with Crippen molar-refractivity contribution in [1.82, 2.24) is 10.2 Å². The van der Waals surface area contributed by atoms with E-state index in [2.05, 4.69) is 38.3 Å².